The van der Waals surface area contributed by atoms with Gasteiger partial charge in [-0.05, 0) is 31.5 Å². The van der Waals surface area contributed by atoms with Crippen LogP contribution in [-0.4, -0.2) is 18.7 Å². The summed E-state index contributed by atoms with van der Waals surface area (Å²) in [4.78, 5) is 0. The highest BCUT2D eigenvalue weighted by atomic mass is 16.3. The summed E-state index contributed by atoms with van der Waals surface area (Å²) in [5.74, 6) is 0. The van der Waals surface area contributed by atoms with Crippen LogP contribution in [0.25, 0.3) is 0 Å². The van der Waals surface area contributed by atoms with Crippen molar-refractivity contribution in [3.8, 4) is 0 Å². The third-order valence-electron chi connectivity index (χ3n) is 2.44. The van der Waals surface area contributed by atoms with Crippen LogP contribution in [0.5, 0.6) is 0 Å². The molecule has 0 aliphatic rings. The number of hydrogen-bond donors (Lipinski definition) is 2. The Balaban J connectivity index is 2.97. The van der Waals surface area contributed by atoms with Crippen LogP contribution >= 0.6 is 0 Å². The fourth-order valence-corrected chi connectivity index (χ4v) is 1.65. The number of rotatable bonds is 4. The van der Waals surface area contributed by atoms with Crippen LogP contribution in [0.2, 0.25) is 0 Å². The van der Waals surface area contributed by atoms with Crippen LogP contribution in [0.4, 0.5) is 0 Å². The molecule has 0 amide bonds. The molecule has 0 radical (unpaired) electrons. The fraction of sp³-hybridized carbons (Fsp3) is 0.500. The minimum absolute atomic E-state index is 0.394. The zero-order valence-electron chi connectivity index (χ0n) is 9.17. The maximum absolute atomic E-state index is 9.89. The molecule has 0 heterocycles. The average molecular weight is 193 g/mol. The van der Waals surface area contributed by atoms with E-state index in [-0.39, 0.29) is 0 Å². The molecular formula is C12H19NO. The van der Waals surface area contributed by atoms with Crippen molar-refractivity contribution < 1.29 is 5.11 Å². The fourth-order valence-electron chi connectivity index (χ4n) is 1.65. The van der Waals surface area contributed by atoms with E-state index in [2.05, 4.69) is 37.4 Å². The van der Waals surface area contributed by atoms with Crippen LogP contribution in [0.1, 0.15) is 29.7 Å². The third-order valence-corrected chi connectivity index (χ3v) is 2.44. The second-order valence-corrected chi connectivity index (χ2v) is 3.63. The number of benzene rings is 1. The van der Waals surface area contributed by atoms with Crippen LogP contribution in [0, 0.1) is 6.92 Å². The highest BCUT2D eigenvalue weighted by molar-refractivity contribution is 5.33. The van der Waals surface area contributed by atoms with Crippen molar-refractivity contribution >= 4 is 0 Å². The number of aryl methyl sites for hydroxylation is 2. The largest absolute Gasteiger partial charge is 0.387 e. The van der Waals surface area contributed by atoms with Crippen LogP contribution < -0.4 is 5.32 Å². The molecule has 78 valence electrons. The van der Waals surface area contributed by atoms with E-state index in [9.17, 15) is 5.11 Å². The van der Waals surface area contributed by atoms with E-state index in [1.807, 2.05) is 7.05 Å². The first-order valence-electron chi connectivity index (χ1n) is 5.11. The smallest absolute Gasteiger partial charge is 0.0917 e. The van der Waals surface area contributed by atoms with E-state index in [1.165, 1.54) is 11.1 Å². The summed E-state index contributed by atoms with van der Waals surface area (Å²) in [5.41, 5.74) is 3.49. The Morgan fingerprint density at radius 2 is 2.14 bits per heavy atom. The summed E-state index contributed by atoms with van der Waals surface area (Å²) >= 11 is 0. The second kappa shape index (κ2) is 5.13. The number of aliphatic hydroxyl groups is 1. The number of aliphatic hydroxyl groups excluding tert-OH is 1. The SMILES string of the molecule is CCc1ccc(C)cc1C(O)CNC. The first-order chi connectivity index (χ1) is 6.69. The van der Waals surface area contributed by atoms with Gasteiger partial charge >= 0.3 is 0 Å². The van der Waals surface area contributed by atoms with Gasteiger partial charge in [0.25, 0.3) is 0 Å². The maximum Gasteiger partial charge on any atom is 0.0917 e. The van der Waals surface area contributed by atoms with Crippen molar-refractivity contribution in [2.24, 2.45) is 0 Å². The standard InChI is InChI=1S/C12H19NO/c1-4-10-6-5-9(2)7-11(10)12(14)8-13-3/h5-7,12-14H,4,8H2,1-3H3. The Morgan fingerprint density at radius 1 is 1.43 bits per heavy atom. The lowest BCUT2D eigenvalue weighted by atomic mass is 9.98. The van der Waals surface area contributed by atoms with Gasteiger partial charge in [-0.2, -0.15) is 0 Å². The van der Waals surface area contributed by atoms with Gasteiger partial charge in [0.2, 0.25) is 0 Å². The lowest BCUT2D eigenvalue weighted by Crippen LogP contribution is -2.17. The molecule has 14 heavy (non-hydrogen) atoms. The van der Waals surface area contributed by atoms with Crippen molar-refractivity contribution in [2.75, 3.05) is 13.6 Å². The molecule has 2 heteroatoms. The first kappa shape index (κ1) is 11.2. The number of hydrogen-bond acceptors (Lipinski definition) is 2. The zero-order chi connectivity index (χ0) is 10.6. The van der Waals surface area contributed by atoms with E-state index in [4.69, 9.17) is 0 Å². The van der Waals surface area contributed by atoms with Gasteiger partial charge in [-0.1, -0.05) is 30.7 Å². The van der Waals surface area contributed by atoms with E-state index in [0.717, 1.165) is 12.0 Å². The summed E-state index contributed by atoms with van der Waals surface area (Å²) in [6.45, 7) is 4.77. The minimum atomic E-state index is -0.394. The molecule has 2 nitrogen and oxygen atoms in total. The summed E-state index contributed by atoms with van der Waals surface area (Å²) in [6.07, 6.45) is 0.575. The van der Waals surface area contributed by atoms with Gasteiger partial charge in [-0.25, -0.2) is 0 Å². The summed E-state index contributed by atoms with van der Waals surface area (Å²) in [7, 11) is 1.85. The lowest BCUT2D eigenvalue weighted by molar-refractivity contribution is 0.176. The first-order valence-corrected chi connectivity index (χ1v) is 5.11. The van der Waals surface area contributed by atoms with Gasteiger partial charge in [0.15, 0.2) is 0 Å². The van der Waals surface area contributed by atoms with E-state index >= 15 is 0 Å². The molecule has 0 aromatic heterocycles. The predicted molar refractivity (Wildman–Crippen MR) is 59.4 cm³/mol. The summed E-state index contributed by atoms with van der Waals surface area (Å²) in [5, 5.41) is 12.9. The van der Waals surface area contributed by atoms with Crippen molar-refractivity contribution in [3.05, 3.63) is 34.9 Å². The minimum Gasteiger partial charge on any atom is -0.387 e. The van der Waals surface area contributed by atoms with Gasteiger partial charge in [0.1, 0.15) is 0 Å². The monoisotopic (exact) mass is 193 g/mol. The molecule has 1 unspecified atom stereocenters. The van der Waals surface area contributed by atoms with Gasteiger partial charge in [-0.3, -0.25) is 0 Å². The molecule has 0 saturated heterocycles. The Bertz CT molecular complexity index is 296. The van der Waals surface area contributed by atoms with Crippen molar-refractivity contribution in [2.45, 2.75) is 26.4 Å². The Kier molecular flexibility index (Phi) is 4.11. The normalized spacial score (nSPS) is 12.9. The molecule has 1 atom stereocenters. The highest BCUT2D eigenvalue weighted by Gasteiger charge is 2.10. The molecular weight excluding hydrogens is 174 g/mol. The van der Waals surface area contributed by atoms with Crippen LogP contribution in [0.15, 0.2) is 18.2 Å². The number of nitrogens with one attached hydrogen (secondary N) is 1. The summed E-state index contributed by atoms with van der Waals surface area (Å²) in [6, 6.07) is 6.26. The Labute approximate surface area is 86.0 Å². The number of likely N-dealkylation sites (N-methyl/N-ethyl adjacent to an activating group) is 1. The highest BCUT2D eigenvalue weighted by Crippen LogP contribution is 2.19. The molecule has 0 fully saturated rings. The third kappa shape index (κ3) is 2.56. The maximum atomic E-state index is 9.89. The molecule has 2 N–H and O–H groups in total. The molecule has 0 aliphatic heterocycles. The van der Waals surface area contributed by atoms with Crippen LogP contribution in [-0.2, 0) is 6.42 Å². The molecule has 0 bridgehead atoms. The van der Waals surface area contributed by atoms with Crippen LogP contribution in [0.3, 0.4) is 0 Å². The van der Waals surface area contributed by atoms with Gasteiger partial charge in [0.05, 0.1) is 6.10 Å². The van der Waals surface area contributed by atoms with Crippen molar-refractivity contribution in [1.29, 1.82) is 0 Å². The van der Waals surface area contributed by atoms with E-state index in [0.29, 0.717) is 6.54 Å². The van der Waals surface area contributed by atoms with E-state index in [1.54, 1.807) is 0 Å². The Hall–Kier alpha value is -0.860. The second-order valence-electron chi connectivity index (χ2n) is 3.63. The van der Waals surface area contributed by atoms with E-state index < -0.39 is 6.10 Å². The van der Waals surface area contributed by atoms with Gasteiger partial charge in [0, 0.05) is 6.54 Å². The van der Waals surface area contributed by atoms with Crippen molar-refractivity contribution in [3.63, 3.8) is 0 Å². The molecule has 0 spiro atoms. The molecule has 1 rings (SSSR count). The summed E-state index contributed by atoms with van der Waals surface area (Å²) < 4.78 is 0. The predicted octanol–water partition coefficient (Wildman–Crippen LogP) is 1.81. The zero-order valence-corrected chi connectivity index (χ0v) is 9.17. The lowest BCUT2D eigenvalue weighted by Gasteiger charge is -2.15. The molecule has 0 saturated carbocycles. The van der Waals surface area contributed by atoms with Gasteiger partial charge < -0.3 is 10.4 Å². The average Bonchev–Trinajstić information content (AvgIpc) is 2.18. The van der Waals surface area contributed by atoms with Gasteiger partial charge in [-0.15, -0.1) is 0 Å². The molecule has 0 aliphatic carbocycles. The quantitative estimate of drug-likeness (QED) is 0.764. The molecule has 1 aromatic carbocycles. The molecule has 1 aromatic rings. The topological polar surface area (TPSA) is 32.3 Å². The van der Waals surface area contributed by atoms with Crippen molar-refractivity contribution in [1.82, 2.24) is 5.32 Å². The Morgan fingerprint density at radius 3 is 2.71 bits per heavy atom.